The molecule has 2 aromatic carbocycles. The Morgan fingerprint density at radius 1 is 1.09 bits per heavy atom. The third-order valence-corrected chi connectivity index (χ3v) is 10.4. The minimum atomic E-state index is -0.798. The predicted molar refractivity (Wildman–Crippen MR) is 185 cm³/mol. The van der Waals surface area contributed by atoms with Crippen LogP contribution in [-0.2, 0) is 9.53 Å². The van der Waals surface area contributed by atoms with E-state index in [9.17, 15) is 9.59 Å². The van der Waals surface area contributed by atoms with Gasteiger partial charge in [-0.2, -0.15) is 0 Å². The van der Waals surface area contributed by atoms with E-state index in [1.807, 2.05) is 13.0 Å². The summed E-state index contributed by atoms with van der Waals surface area (Å²) >= 11 is 7.33. The van der Waals surface area contributed by atoms with Crippen molar-refractivity contribution in [3.8, 4) is 17.2 Å². The molecule has 0 amide bonds. The Balaban J connectivity index is 1.72. The van der Waals surface area contributed by atoms with Gasteiger partial charge >= 0.3 is 5.97 Å². The van der Waals surface area contributed by atoms with Gasteiger partial charge in [0.15, 0.2) is 16.3 Å². The number of carbonyl (C=O) groups is 1. The molecule has 0 bridgehead atoms. The van der Waals surface area contributed by atoms with Gasteiger partial charge in [0.1, 0.15) is 0 Å². The summed E-state index contributed by atoms with van der Waals surface area (Å²) in [6.45, 7) is 12.3. The topological polar surface area (TPSA) is 84.1 Å². The monoisotopic (exact) mass is 789 g/mol. The summed E-state index contributed by atoms with van der Waals surface area (Å²) in [7, 11) is 1.56. The average molecular weight is 791 g/mol. The number of ether oxygens (including phenoxy) is 3. The molecule has 0 radical (unpaired) electrons. The van der Waals surface area contributed by atoms with Crippen molar-refractivity contribution in [3.05, 3.63) is 103 Å². The fourth-order valence-electron chi connectivity index (χ4n) is 5.47. The normalized spacial score (nSPS) is 14.8. The zero-order valence-electron chi connectivity index (χ0n) is 25.6. The number of hydrogen-bond donors (Lipinski definition) is 0. The van der Waals surface area contributed by atoms with Gasteiger partial charge in [-0.15, -0.1) is 0 Å². The smallest absolute Gasteiger partial charge is 0.338 e. The number of methoxy groups -OCH3 is 1. The fraction of sp³-hybridized carbons (Fsp3) is 0.303. The van der Waals surface area contributed by atoms with Crippen LogP contribution in [0.5, 0.6) is 11.5 Å². The summed E-state index contributed by atoms with van der Waals surface area (Å²) < 4.78 is 23.0. The Bertz CT molecular complexity index is 2010. The molecule has 0 N–H and O–H groups in total. The van der Waals surface area contributed by atoms with E-state index < -0.39 is 12.0 Å². The number of aromatic nitrogens is 2. The molecule has 0 aliphatic carbocycles. The molecule has 0 unspecified atom stereocenters. The molecule has 0 saturated heterocycles. The second kappa shape index (κ2) is 13.1. The lowest BCUT2D eigenvalue weighted by Crippen LogP contribution is -2.40. The van der Waals surface area contributed by atoms with Gasteiger partial charge in [0.25, 0.3) is 5.56 Å². The van der Waals surface area contributed by atoms with Crippen LogP contribution in [0.2, 0.25) is 0 Å². The zero-order chi connectivity index (χ0) is 31.9. The Labute approximate surface area is 282 Å². The molecule has 0 saturated carbocycles. The summed E-state index contributed by atoms with van der Waals surface area (Å²) in [6, 6.07) is 11.3. The summed E-state index contributed by atoms with van der Waals surface area (Å²) in [5.41, 5.74) is 6.51. The minimum absolute atomic E-state index is 0.191. The van der Waals surface area contributed by atoms with Crippen LogP contribution in [0.4, 0.5) is 0 Å². The lowest BCUT2D eigenvalue weighted by molar-refractivity contribution is -0.139. The van der Waals surface area contributed by atoms with Crippen molar-refractivity contribution >= 4 is 61.9 Å². The van der Waals surface area contributed by atoms with E-state index in [1.165, 1.54) is 20.5 Å². The van der Waals surface area contributed by atoms with Crippen LogP contribution in [0.3, 0.4) is 0 Å². The Morgan fingerprint density at radius 2 is 1.84 bits per heavy atom. The van der Waals surface area contributed by atoms with Crippen LogP contribution in [-0.4, -0.2) is 35.4 Å². The van der Waals surface area contributed by atoms with E-state index in [0.29, 0.717) is 48.7 Å². The van der Waals surface area contributed by atoms with Gasteiger partial charge in [-0.25, -0.2) is 9.79 Å². The van der Waals surface area contributed by atoms with Gasteiger partial charge in [0.05, 0.1) is 42.2 Å². The van der Waals surface area contributed by atoms with E-state index in [4.69, 9.17) is 19.2 Å². The molecule has 0 fully saturated rings. The maximum atomic E-state index is 14.3. The molecule has 230 valence electrons. The largest absolute Gasteiger partial charge is 0.493 e. The quantitative estimate of drug-likeness (QED) is 0.155. The molecule has 3 heterocycles. The van der Waals surface area contributed by atoms with E-state index in [1.54, 1.807) is 37.7 Å². The van der Waals surface area contributed by atoms with Crippen LogP contribution >= 0.6 is 49.9 Å². The van der Waals surface area contributed by atoms with Crippen molar-refractivity contribution in [3.63, 3.8) is 0 Å². The number of carbonyl (C=O) groups excluding carboxylic acids is 1. The van der Waals surface area contributed by atoms with Crippen molar-refractivity contribution in [2.75, 3.05) is 20.3 Å². The van der Waals surface area contributed by atoms with E-state index >= 15 is 0 Å². The molecule has 2 aromatic heterocycles. The van der Waals surface area contributed by atoms with Crippen molar-refractivity contribution in [2.45, 2.75) is 47.6 Å². The Hall–Kier alpha value is -3.16. The van der Waals surface area contributed by atoms with Gasteiger partial charge in [-0.1, -0.05) is 33.3 Å². The second-order valence-corrected chi connectivity index (χ2v) is 13.4. The molecular formula is C33H33BrIN3O5S. The highest BCUT2D eigenvalue weighted by Gasteiger charge is 2.35. The summed E-state index contributed by atoms with van der Waals surface area (Å²) in [4.78, 5) is 32.9. The predicted octanol–water partition coefficient (Wildman–Crippen LogP) is 6.29. The summed E-state index contributed by atoms with van der Waals surface area (Å²) in [6.07, 6.45) is 1.91. The lowest BCUT2D eigenvalue weighted by atomic mass is 9.95. The van der Waals surface area contributed by atoms with Crippen LogP contribution in [0, 0.1) is 24.3 Å². The first kappa shape index (κ1) is 32.2. The number of benzene rings is 2. The van der Waals surface area contributed by atoms with Crippen molar-refractivity contribution in [1.29, 1.82) is 0 Å². The number of hydrogen-bond acceptors (Lipinski definition) is 7. The van der Waals surface area contributed by atoms with Gasteiger partial charge in [-0.3, -0.25) is 9.36 Å². The third kappa shape index (κ3) is 5.81. The summed E-state index contributed by atoms with van der Waals surface area (Å²) in [5.74, 6) is 0.516. The molecule has 5 rings (SSSR count). The van der Waals surface area contributed by atoms with Crippen LogP contribution < -0.4 is 24.4 Å². The maximum absolute atomic E-state index is 14.3. The number of halogens is 2. The van der Waals surface area contributed by atoms with Crippen molar-refractivity contribution < 1.29 is 19.0 Å². The lowest BCUT2D eigenvalue weighted by Gasteiger charge is -2.26. The standard InChI is InChI=1S/C33H33BrIN3O5S/c1-8-42-27-16-24(34)23(15-26(27)41-7)30-29(32(40)43-9-2)19(5)36-33-38(30)31(39)28(44-33)13-21-12-18(4)37(20(21)6)22-11-10-17(3)25(35)14-22/h10-16,30H,8-9H2,1-7H3/b28-13+/t30-/m0/s1. The Morgan fingerprint density at radius 3 is 2.50 bits per heavy atom. The molecule has 4 aromatic rings. The van der Waals surface area contributed by atoms with E-state index in [2.05, 4.69) is 88.1 Å². The van der Waals surface area contributed by atoms with Gasteiger partial charge in [-0.05, 0) is 117 Å². The first-order chi connectivity index (χ1) is 21.0. The molecule has 44 heavy (non-hydrogen) atoms. The number of esters is 1. The highest BCUT2D eigenvalue weighted by Crippen LogP contribution is 2.41. The molecule has 1 atom stereocenters. The van der Waals surface area contributed by atoms with Crippen molar-refractivity contribution in [2.24, 2.45) is 4.99 Å². The van der Waals surface area contributed by atoms with E-state index in [0.717, 1.165) is 22.6 Å². The number of fused-ring (bicyclic) bond motifs is 1. The van der Waals surface area contributed by atoms with Crippen LogP contribution in [0.25, 0.3) is 11.8 Å². The molecule has 11 heteroatoms. The van der Waals surface area contributed by atoms with Crippen LogP contribution in [0.1, 0.15) is 54.9 Å². The van der Waals surface area contributed by atoms with Gasteiger partial charge in [0.2, 0.25) is 0 Å². The zero-order valence-corrected chi connectivity index (χ0v) is 30.1. The molecular weight excluding hydrogens is 757 g/mol. The van der Waals surface area contributed by atoms with Crippen LogP contribution in [0.15, 0.2) is 61.9 Å². The highest BCUT2D eigenvalue weighted by atomic mass is 127. The first-order valence-electron chi connectivity index (χ1n) is 14.2. The molecule has 1 aliphatic heterocycles. The molecule has 1 aliphatic rings. The number of thiazole rings is 1. The minimum Gasteiger partial charge on any atom is -0.493 e. The van der Waals surface area contributed by atoms with Gasteiger partial charge < -0.3 is 18.8 Å². The number of rotatable bonds is 8. The summed E-state index contributed by atoms with van der Waals surface area (Å²) in [5, 5.41) is 0. The van der Waals surface area contributed by atoms with E-state index in [-0.39, 0.29) is 12.2 Å². The fourth-order valence-corrected chi connectivity index (χ4v) is 7.54. The number of nitrogens with zero attached hydrogens (tertiary/aromatic N) is 3. The molecule has 0 spiro atoms. The second-order valence-electron chi connectivity index (χ2n) is 10.4. The first-order valence-corrected chi connectivity index (χ1v) is 16.8. The highest BCUT2D eigenvalue weighted by molar-refractivity contribution is 14.1. The maximum Gasteiger partial charge on any atom is 0.338 e. The number of aryl methyl sites for hydroxylation is 2. The third-order valence-electron chi connectivity index (χ3n) is 7.56. The Kier molecular flexibility index (Phi) is 9.57. The SMILES string of the molecule is CCOC(=O)C1=C(C)N=c2s/c(=C/c3cc(C)n(-c4ccc(C)c(I)c4)c3C)c(=O)n2[C@H]1c1cc(OC)c(OCC)cc1Br. The van der Waals surface area contributed by atoms with Crippen molar-refractivity contribution in [1.82, 2.24) is 9.13 Å². The average Bonchev–Trinajstić information content (AvgIpc) is 3.43. The molecule has 8 nitrogen and oxygen atoms in total. The van der Waals surface area contributed by atoms with Gasteiger partial charge in [0, 0.05) is 25.1 Å². The number of allylic oxidation sites excluding steroid dienone is 1.